The number of benzene rings is 1. The van der Waals surface area contributed by atoms with Gasteiger partial charge in [-0.2, -0.15) is 0 Å². The van der Waals surface area contributed by atoms with Crippen molar-refractivity contribution in [1.82, 2.24) is 5.32 Å². The number of halogens is 1. The van der Waals surface area contributed by atoms with E-state index in [-0.39, 0.29) is 18.0 Å². The van der Waals surface area contributed by atoms with Crippen molar-refractivity contribution >= 4 is 17.5 Å². The number of para-hydroxylation sites is 1. The summed E-state index contributed by atoms with van der Waals surface area (Å²) in [4.78, 5) is 22.1. The summed E-state index contributed by atoms with van der Waals surface area (Å²) in [5, 5.41) is 4.83. The zero-order valence-electron chi connectivity index (χ0n) is 7.79. The van der Waals surface area contributed by atoms with Gasteiger partial charge in [0.25, 0.3) is 0 Å². The third-order valence-electron chi connectivity index (χ3n) is 2.17. The third kappa shape index (κ3) is 1.96. The second-order valence-electron chi connectivity index (χ2n) is 3.29. The highest BCUT2D eigenvalue weighted by Crippen LogP contribution is 2.16. The van der Waals surface area contributed by atoms with Crippen LogP contribution in [0.5, 0.6) is 0 Å². The molecule has 0 saturated carbocycles. The van der Waals surface area contributed by atoms with Crippen LogP contribution in [0.3, 0.4) is 0 Å². The average Bonchev–Trinajstić information content (AvgIpc) is 2.49. The number of hydrogen-bond donors (Lipinski definition) is 2. The van der Waals surface area contributed by atoms with Crippen LogP contribution in [-0.2, 0) is 9.59 Å². The fourth-order valence-electron chi connectivity index (χ4n) is 1.44. The fourth-order valence-corrected chi connectivity index (χ4v) is 1.44. The first-order valence-electron chi connectivity index (χ1n) is 4.51. The van der Waals surface area contributed by atoms with Crippen molar-refractivity contribution in [2.45, 2.75) is 12.5 Å². The van der Waals surface area contributed by atoms with Crippen LogP contribution in [-0.4, -0.2) is 17.9 Å². The van der Waals surface area contributed by atoms with E-state index in [1.54, 1.807) is 12.1 Å². The van der Waals surface area contributed by atoms with Crippen molar-refractivity contribution in [1.29, 1.82) is 0 Å². The van der Waals surface area contributed by atoms with E-state index in [0.717, 1.165) is 0 Å². The van der Waals surface area contributed by atoms with E-state index in [0.29, 0.717) is 0 Å². The summed E-state index contributed by atoms with van der Waals surface area (Å²) in [6.45, 7) is 0. The molecule has 0 radical (unpaired) electrons. The van der Waals surface area contributed by atoms with E-state index in [9.17, 15) is 14.0 Å². The van der Waals surface area contributed by atoms with Crippen LogP contribution in [0.25, 0.3) is 0 Å². The maximum Gasteiger partial charge on any atom is 0.249 e. The minimum atomic E-state index is -0.672. The van der Waals surface area contributed by atoms with Crippen LogP contribution >= 0.6 is 0 Å². The van der Waals surface area contributed by atoms with Crippen molar-refractivity contribution in [2.75, 3.05) is 5.32 Å². The summed E-state index contributed by atoms with van der Waals surface area (Å²) in [5.74, 6) is -1.19. The van der Waals surface area contributed by atoms with E-state index >= 15 is 0 Å². The monoisotopic (exact) mass is 208 g/mol. The Labute approximate surface area is 85.5 Å². The van der Waals surface area contributed by atoms with E-state index in [1.807, 2.05) is 0 Å². The Kier molecular flexibility index (Phi) is 2.37. The molecule has 0 spiro atoms. The van der Waals surface area contributed by atoms with Crippen molar-refractivity contribution in [3.63, 3.8) is 0 Å². The molecule has 1 aliphatic heterocycles. The van der Waals surface area contributed by atoms with Gasteiger partial charge in [-0.1, -0.05) is 12.1 Å². The molecule has 1 atom stereocenters. The summed E-state index contributed by atoms with van der Waals surface area (Å²) >= 11 is 0. The van der Waals surface area contributed by atoms with Gasteiger partial charge in [0, 0.05) is 0 Å². The number of rotatable bonds is 2. The highest BCUT2D eigenvalue weighted by atomic mass is 19.1. The number of imide groups is 1. The zero-order chi connectivity index (χ0) is 10.8. The van der Waals surface area contributed by atoms with E-state index < -0.39 is 17.8 Å². The van der Waals surface area contributed by atoms with Gasteiger partial charge in [-0.25, -0.2) is 4.39 Å². The van der Waals surface area contributed by atoms with E-state index in [1.165, 1.54) is 12.1 Å². The van der Waals surface area contributed by atoms with Gasteiger partial charge in [0.15, 0.2) is 0 Å². The number of anilines is 1. The lowest BCUT2D eigenvalue weighted by molar-refractivity contribution is -0.124. The second-order valence-corrected chi connectivity index (χ2v) is 3.29. The highest BCUT2D eigenvalue weighted by Gasteiger charge is 2.30. The van der Waals surface area contributed by atoms with Crippen molar-refractivity contribution in [3.8, 4) is 0 Å². The van der Waals surface area contributed by atoms with Crippen LogP contribution in [0.15, 0.2) is 24.3 Å². The predicted molar refractivity (Wildman–Crippen MR) is 51.6 cm³/mol. The Hall–Kier alpha value is -1.91. The maximum absolute atomic E-state index is 13.2. The largest absolute Gasteiger partial charge is 0.371 e. The number of carbonyl (C=O) groups excluding carboxylic acids is 2. The minimum absolute atomic E-state index is 0.0488. The first-order chi connectivity index (χ1) is 7.16. The smallest absolute Gasteiger partial charge is 0.249 e. The highest BCUT2D eigenvalue weighted by molar-refractivity contribution is 6.06. The van der Waals surface area contributed by atoms with Crippen molar-refractivity contribution < 1.29 is 14.0 Å². The van der Waals surface area contributed by atoms with Crippen molar-refractivity contribution in [2.24, 2.45) is 0 Å². The molecule has 1 heterocycles. The normalized spacial score (nSPS) is 20.2. The number of carbonyl (C=O) groups is 2. The Morgan fingerprint density at radius 1 is 1.33 bits per heavy atom. The number of nitrogens with one attached hydrogen (secondary N) is 2. The van der Waals surface area contributed by atoms with Gasteiger partial charge in [-0.15, -0.1) is 0 Å². The summed E-state index contributed by atoms with van der Waals surface area (Å²) in [6.07, 6.45) is 0.0488. The first-order valence-corrected chi connectivity index (χ1v) is 4.51. The second kappa shape index (κ2) is 3.68. The lowest BCUT2D eigenvalue weighted by Gasteiger charge is -2.10. The van der Waals surface area contributed by atoms with Crippen LogP contribution in [0, 0.1) is 5.82 Å². The molecule has 2 amide bonds. The van der Waals surface area contributed by atoms with Gasteiger partial charge in [0.2, 0.25) is 11.8 Å². The Bertz CT molecular complexity index is 420. The van der Waals surface area contributed by atoms with Crippen LogP contribution < -0.4 is 10.6 Å². The van der Waals surface area contributed by atoms with Crippen LogP contribution in [0.1, 0.15) is 6.42 Å². The molecule has 78 valence electrons. The molecular weight excluding hydrogens is 199 g/mol. The fraction of sp³-hybridized carbons (Fsp3) is 0.200. The Morgan fingerprint density at radius 3 is 2.67 bits per heavy atom. The zero-order valence-corrected chi connectivity index (χ0v) is 7.79. The van der Waals surface area contributed by atoms with Crippen LogP contribution in [0.2, 0.25) is 0 Å². The molecular formula is C10H9FN2O2. The van der Waals surface area contributed by atoms with Gasteiger partial charge in [0.1, 0.15) is 11.9 Å². The SMILES string of the molecule is O=C1CC(Nc2ccccc2F)C(=O)N1. The standard InChI is InChI=1S/C10H9FN2O2/c11-6-3-1-2-4-7(6)12-8-5-9(14)13-10(8)15/h1-4,8,12H,5H2,(H,13,14,15). The van der Waals surface area contributed by atoms with E-state index in [2.05, 4.69) is 10.6 Å². The van der Waals surface area contributed by atoms with Gasteiger partial charge in [-0.3, -0.25) is 14.9 Å². The summed E-state index contributed by atoms with van der Waals surface area (Å²) < 4.78 is 13.2. The molecule has 1 unspecified atom stereocenters. The lowest BCUT2D eigenvalue weighted by atomic mass is 10.2. The van der Waals surface area contributed by atoms with Crippen LogP contribution in [0.4, 0.5) is 10.1 Å². The molecule has 1 saturated heterocycles. The minimum Gasteiger partial charge on any atom is -0.371 e. The third-order valence-corrected chi connectivity index (χ3v) is 2.17. The summed E-state index contributed by atoms with van der Waals surface area (Å²) in [7, 11) is 0. The average molecular weight is 208 g/mol. The Morgan fingerprint density at radius 2 is 2.07 bits per heavy atom. The molecule has 2 rings (SSSR count). The first kappa shape index (κ1) is 9.64. The molecule has 1 aliphatic rings. The summed E-state index contributed by atoms with van der Waals surface area (Å²) in [5.41, 5.74) is 0.229. The summed E-state index contributed by atoms with van der Waals surface area (Å²) in [6, 6.07) is 5.34. The van der Waals surface area contributed by atoms with Gasteiger partial charge in [0.05, 0.1) is 12.1 Å². The molecule has 1 fully saturated rings. The van der Waals surface area contributed by atoms with E-state index in [4.69, 9.17) is 0 Å². The lowest BCUT2D eigenvalue weighted by Crippen LogP contribution is -2.30. The van der Waals surface area contributed by atoms with Crippen molar-refractivity contribution in [3.05, 3.63) is 30.1 Å². The van der Waals surface area contributed by atoms with Gasteiger partial charge < -0.3 is 5.32 Å². The number of amides is 2. The Balaban J connectivity index is 2.13. The molecule has 0 aromatic heterocycles. The predicted octanol–water partition coefficient (Wildman–Crippen LogP) is 0.653. The molecule has 2 N–H and O–H groups in total. The topological polar surface area (TPSA) is 58.2 Å². The molecule has 1 aromatic rings. The molecule has 0 bridgehead atoms. The van der Waals surface area contributed by atoms with Gasteiger partial charge >= 0.3 is 0 Å². The number of hydrogen-bond acceptors (Lipinski definition) is 3. The molecule has 5 heteroatoms. The molecule has 4 nitrogen and oxygen atoms in total. The molecule has 0 aliphatic carbocycles. The maximum atomic E-state index is 13.2. The molecule has 1 aromatic carbocycles. The van der Waals surface area contributed by atoms with Gasteiger partial charge in [-0.05, 0) is 12.1 Å². The quantitative estimate of drug-likeness (QED) is 0.702. The molecule has 15 heavy (non-hydrogen) atoms.